The van der Waals surface area contributed by atoms with Gasteiger partial charge in [0.05, 0.1) is 23.1 Å². The molecule has 2 aromatic carbocycles. The van der Waals surface area contributed by atoms with Crippen molar-refractivity contribution in [2.45, 2.75) is 0 Å². The Labute approximate surface area is 153 Å². The monoisotopic (exact) mass is 366 g/mol. The molecule has 0 unspecified atom stereocenters. The summed E-state index contributed by atoms with van der Waals surface area (Å²) in [6.07, 6.45) is 3.42. The second-order valence-corrected chi connectivity index (χ2v) is 5.59. The highest BCUT2D eigenvalue weighted by molar-refractivity contribution is 6.03. The summed E-state index contributed by atoms with van der Waals surface area (Å²) in [7, 11) is 1.57. The lowest BCUT2D eigenvalue weighted by atomic mass is 10.1. The summed E-state index contributed by atoms with van der Waals surface area (Å²) < 4.78 is 5.09. The van der Waals surface area contributed by atoms with Crippen molar-refractivity contribution in [2.24, 2.45) is 0 Å². The normalized spacial score (nSPS) is 11.0. The summed E-state index contributed by atoms with van der Waals surface area (Å²) in [5, 5.41) is 30.6. The van der Waals surface area contributed by atoms with Gasteiger partial charge < -0.3 is 14.9 Å². The third-order valence-corrected chi connectivity index (χ3v) is 3.94. The highest BCUT2D eigenvalue weighted by Gasteiger charge is 2.23. The molecule has 136 valence electrons. The fourth-order valence-electron chi connectivity index (χ4n) is 2.58. The van der Waals surface area contributed by atoms with Crippen LogP contribution in [0, 0.1) is 10.1 Å². The Morgan fingerprint density at radius 3 is 2.48 bits per heavy atom. The predicted molar refractivity (Wildman–Crippen MR) is 98.9 cm³/mol. The minimum absolute atomic E-state index is 0.0593. The number of aromatic nitrogens is 1. The van der Waals surface area contributed by atoms with E-state index in [9.17, 15) is 20.0 Å². The lowest BCUT2D eigenvalue weighted by molar-refractivity contribution is -0.383. The minimum Gasteiger partial charge on any atom is -0.505 e. The van der Waals surface area contributed by atoms with Crippen molar-refractivity contribution in [1.82, 2.24) is 4.98 Å². The molecule has 3 rings (SSSR count). The summed E-state index contributed by atoms with van der Waals surface area (Å²) in [6.45, 7) is 0. The van der Waals surface area contributed by atoms with Crippen LogP contribution in [-0.4, -0.2) is 33.2 Å². The van der Waals surface area contributed by atoms with Crippen LogP contribution < -0.4 is 4.74 Å². The highest BCUT2D eigenvalue weighted by atomic mass is 16.6. The van der Waals surface area contributed by atoms with Crippen molar-refractivity contribution in [3.8, 4) is 11.5 Å². The Morgan fingerprint density at radius 1 is 1.19 bits per heavy atom. The summed E-state index contributed by atoms with van der Waals surface area (Å²) in [5.41, 5.74) is 0.132. The van der Waals surface area contributed by atoms with E-state index in [4.69, 9.17) is 9.84 Å². The second kappa shape index (κ2) is 7.12. The number of aromatic hydroxyl groups is 1. The molecule has 0 amide bonds. The smallest absolute Gasteiger partial charge is 0.339 e. The molecular formula is C19H14N2O6. The fraction of sp³-hybridized carbons (Fsp3) is 0.0526. The average Bonchev–Trinajstić information content (AvgIpc) is 2.66. The molecule has 8 heteroatoms. The summed E-state index contributed by atoms with van der Waals surface area (Å²) in [5.74, 6) is -1.37. The molecule has 1 aromatic heterocycles. The maximum absolute atomic E-state index is 11.3. The number of pyridine rings is 1. The van der Waals surface area contributed by atoms with Crippen molar-refractivity contribution in [1.29, 1.82) is 0 Å². The number of benzene rings is 2. The Bertz CT molecular complexity index is 1070. The average molecular weight is 366 g/mol. The van der Waals surface area contributed by atoms with E-state index in [0.29, 0.717) is 5.69 Å². The molecule has 0 fully saturated rings. The molecule has 0 atom stereocenters. The number of carboxylic acids is 1. The number of rotatable bonds is 5. The SMILES string of the molecule is COc1ccc(/C=C/c2ccc3c([N+](=O)[O-])cc(C(=O)O)c(O)c3n2)cc1. The van der Waals surface area contributed by atoms with E-state index in [1.807, 2.05) is 12.1 Å². The van der Waals surface area contributed by atoms with E-state index in [-0.39, 0.29) is 10.9 Å². The third-order valence-electron chi connectivity index (χ3n) is 3.94. The zero-order valence-corrected chi connectivity index (χ0v) is 14.1. The first kappa shape index (κ1) is 17.9. The highest BCUT2D eigenvalue weighted by Crippen LogP contribution is 2.35. The third kappa shape index (κ3) is 3.54. The molecule has 2 N–H and O–H groups in total. The fourth-order valence-corrected chi connectivity index (χ4v) is 2.58. The van der Waals surface area contributed by atoms with Gasteiger partial charge in [0.15, 0.2) is 5.75 Å². The Balaban J connectivity index is 2.07. The summed E-state index contributed by atoms with van der Waals surface area (Å²) in [6, 6.07) is 11.1. The van der Waals surface area contributed by atoms with E-state index in [2.05, 4.69) is 4.98 Å². The van der Waals surface area contributed by atoms with Gasteiger partial charge in [0.25, 0.3) is 5.69 Å². The number of nitro groups is 1. The Hall–Kier alpha value is -3.94. The Morgan fingerprint density at radius 2 is 1.89 bits per heavy atom. The lowest BCUT2D eigenvalue weighted by Crippen LogP contribution is -2.01. The predicted octanol–water partition coefficient (Wildman–Crippen LogP) is 3.73. The molecule has 1 heterocycles. The first-order chi connectivity index (χ1) is 12.9. The van der Waals surface area contributed by atoms with Crippen LogP contribution in [0.3, 0.4) is 0 Å². The number of nitrogens with zero attached hydrogens (tertiary/aromatic N) is 2. The molecule has 0 aliphatic rings. The topological polar surface area (TPSA) is 123 Å². The number of ether oxygens (including phenoxy) is 1. The number of fused-ring (bicyclic) bond motifs is 1. The molecule has 3 aromatic rings. The van der Waals surface area contributed by atoms with E-state index in [1.165, 1.54) is 6.07 Å². The molecule has 0 aliphatic heterocycles. The zero-order valence-electron chi connectivity index (χ0n) is 14.1. The van der Waals surface area contributed by atoms with Crippen LogP contribution in [0.15, 0.2) is 42.5 Å². The lowest BCUT2D eigenvalue weighted by Gasteiger charge is -2.06. The van der Waals surface area contributed by atoms with Gasteiger partial charge in [-0.15, -0.1) is 0 Å². The zero-order chi connectivity index (χ0) is 19.6. The standard InChI is InChI=1S/C19H14N2O6/c1-27-13-7-3-11(4-8-13)2-5-12-6-9-14-16(21(25)26)10-15(19(23)24)18(22)17(14)20-12/h2-10,22H,1H3,(H,23,24)/b5-2+. The van der Waals surface area contributed by atoms with Gasteiger partial charge in [-0.1, -0.05) is 18.2 Å². The molecule has 8 nitrogen and oxygen atoms in total. The molecule has 0 saturated carbocycles. The maximum atomic E-state index is 11.3. The molecule has 0 spiro atoms. The van der Waals surface area contributed by atoms with E-state index >= 15 is 0 Å². The van der Waals surface area contributed by atoms with Gasteiger partial charge in [-0.25, -0.2) is 9.78 Å². The number of nitro benzene ring substituents is 1. The number of phenols is 1. The van der Waals surface area contributed by atoms with Crippen molar-refractivity contribution >= 4 is 34.7 Å². The van der Waals surface area contributed by atoms with Crippen LogP contribution in [0.2, 0.25) is 0 Å². The molecule has 0 aliphatic carbocycles. The maximum Gasteiger partial charge on any atom is 0.339 e. The molecule has 27 heavy (non-hydrogen) atoms. The Kier molecular flexibility index (Phi) is 4.71. The first-order valence-electron chi connectivity index (χ1n) is 7.77. The second-order valence-electron chi connectivity index (χ2n) is 5.59. The summed E-state index contributed by atoms with van der Waals surface area (Å²) in [4.78, 5) is 26.0. The van der Waals surface area contributed by atoms with Gasteiger partial charge in [0.2, 0.25) is 0 Å². The van der Waals surface area contributed by atoms with Crippen LogP contribution in [0.5, 0.6) is 11.5 Å². The van der Waals surface area contributed by atoms with Crippen LogP contribution in [-0.2, 0) is 0 Å². The molecule has 0 radical (unpaired) electrons. The van der Waals surface area contributed by atoms with Crippen LogP contribution in [0.4, 0.5) is 5.69 Å². The van der Waals surface area contributed by atoms with E-state index in [1.54, 1.807) is 37.5 Å². The number of carbonyl (C=O) groups is 1. The quantitative estimate of drug-likeness (QED) is 0.521. The van der Waals surface area contributed by atoms with E-state index < -0.39 is 27.9 Å². The van der Waals surface area contributed by atoms with Crippen LogP contribution in [0.1, 0.15) is 21.6 Å². The first-order valence-corrected chi connectivity index (χ1v) is 7.77. The van der Waals surface area contributed by atoms with Crippen molar-refractivity contribution in [3.05, 3.63) is 69.4 Å². The number of hydrogen-bond acceptors (Lipinski definition) is 6. The number of non-ortho nitro benzene ring substituents is 1. The van der Waals surface area contributed by atoms with Crippen molar-refractivity contribution < 1.29 is 24.7 Å². The number of carboxylic acid groups (broad SMARTS) is 1. The molecule has 0 saturated heterocycles. The van der Waals surface area contributed by atoms with Gasteiger partial charge in [-0.05, 0) is 35.9 Å². The summed E-state index contributed by atoms with van der Waals surface area (Å²) >= 11 is 0. The molecular weight excluding hydrogens is 352 g/mol. The largest absolute Gasteiger partial charge is 0.505 e. The van der Waals surface area contributed by atoms with Gasteiger partial charge >= 0.3 is 5.97 Å². The number of hydrogen-bond donors (Lipinski definition) is 2. The minimum atomic E-state index is -1.47. The molecule has 0 bridgehead atoms. The van der Waals surface area contributed by atoms with Gasteiger partial charge in [-0.2, -0.15) is 0 Å². The van der Waals surface area contributed by atoms with Crippen molar-refractivity contribution in [2.75, 3.05) is 7.11 Å². The number of methoxy groups -OCH3 is 1. The van der Waals surface area contributed by atoms with Gasteiger partial charge in [0, 0.05) is 6.07 Å². The van der Waals surface area contributed by atoms with Crippen LogP contribution >= 0.6 is 0 Å². The van der Waals surface area contributed by atoms with Crippen molar-refractivity contribution in [3.63, 3.8) is 0 Å². The van der Waals surface area contributed by atoms with E-state index in [0.717, 1.165) is 17.4 Å². The van der Waals surface area contributed by atoms with Crippen LogP contribution in [0.25, 0.3) is 23.1 Å². The van der Waals surface area contributed by atoms with Gasteiger partial charge in [-0.3, -0.25) is 10.1 Å². The van der Waals surface area contributed by atoms with Gasteiger partial charge in [0.1, 0.15) is 16.8 Å². The number of aromatic carboxylic acids is 1.